The first-order chi connectivity index (χ1) is 8.46. The summed E-state index contributed by atoms with van der Waals surface area (Å²) < 4.78 is 0. The lowest BCUT2D eigenvalue weighted by Gasteiger charge is -2.09. The summed E-state index contributed by atoms with van der Waals surface area (Å²) in [7, 11) is 0. The summed E-state index contributed by atoms with van der Waals surface area (Å²) in [5, 5.41) is 5.27. The van der Waals surface area contributed by atoms with Crippen molar-refractivity contribution < 1.29 is 0 Å². The largest absolute Gasteiger partial charge is 0.367 e. The van der Waals surface area contributed by atoms with Crippen molar-refractivity contribution in [3.63, 3.8) is 0 Å². The van der Waals surface area contributed by atoms with Gasteiger partial charge in [-0.3, -0.25) is 4.99 Å². The summed E-state index contributed by atoms with van der Waals surface area (Å²) in [6.45, 7) is 7.20. The molecule has 0 amide bonds. The lowest BCUT2D eigenvalue weighted by atomic mass is 10.1. The molecular weight excluding hydrogens is 246 g/mol. The Morgan fingerprint density at radius 1 is 1.33 bits per heavy atom. The molecule has 3 nitrogen and oxygen atoms in total. The molecule has 2 aromatic rings. The predicted octanol–water partition coefficient (Wildman–Crippen LogP) is 3.26. The third-order valence-electron chi connectivity index (χ3n) is 3.29. The number of hydrogen-bond donors (Lipinski definition) is 2. The maximum absolute atomic E-state index is 6.09. The van der Waals surface area contributed by atoms with Crippen LogP contribution in [-0.2, 0) is 0 Å². The molecule has 1 aliphatic heterocycles. The van der Waals surface area contributed by atoms with Gasteiger partial charge in [0.2, 0.25) is 0 Å². The third-order valence-corrected chi connectivity index (χ3v) is 3.52. The summed E-state index contributed by atoms with van der Waals surface area (Å²) >= 11 is 6.09. The van der Waals surface area contributed by atoms with Gasteiger partial charge in [-0.05, 0) is 39.0 Å². The Hall–Kier alpha value is -1.48. The van der Waals surface area contributed by atoms with Crippen LogP contribution in [0.4, 0.5) is 0 Å². The van der Waals surface area contributed by atoms with E-state index in [0.717, 1.165) is 39.6 Å². The molecule has 0 saturated heterocycles. The number of hydrogen-bond acceptors (Lipinski definition) is 2. The quantitative estimate of drug-likeness (QED) is 0.813. The van der Waals surface area contributed by atoms with Crippen LogP contribution >= 0.6 is 11.6 Å². The van der Waals surface area contributed by atoms with E-state index in [4.69, 9.17) is 16.6 Å². The summed E-state index contributed by atoms with van der Waals surface area (Å²) in [5.41, 5.74) is 3.32. The van der Waals surface area contributed by atoms with Crippen molar-refractivity contribution in [1.29, 1.82) is 0 Å². The fourth-order valence-corrected chi connectivity index (χ4v) is 2.60. The van der Waals surface area contributed by atoms with Gasteiger partial charge in [-0.2, -0.15) is 0 Å². The summed E-state index contributed by atoms with van der Waals surface area (Å²) in [6, 6.07) is 5.90. The maximum atomic E-state index is 6.09. The van der Waals surface area contributed by atoms with Gasteiger partial charge >= 0.3 is 0 Å². The molecule has 2 N–H and O–H groups in total. The molecule has 0 unspecified atom stereocenters. The zero-order valence-corrected chi connectivity index (χ0v) is 11.5. The van der Waals surface area contributed by atoms with E-state index >= 15 is 0 Å². The van der Waals surface area contributed by atoms with Crippen molar-refractivity contribution in [3.05, 3.63) is 34.5 Å². The maximum Gasteiger partial charge on any atom is 0.131 e. The number of nitrogens with one attached hydrogen (secondary N) is 2. The van der Waals surface area contributed by atoms with Gasteiger partial charge in [0.25, 0.3) is 0 Å². The van der Waals surface area contributed by atoms with Crippen LogP contribution in [0.2, 0.25) is 5.02 Å². The second-order valence-corrected chi connectivity index (χ2v) is 5.88. The number of aromatic amines is 1. The molecular formula is C14H16ClN3. The van der Waals surface area contributed by atoms with E-state index in [0.29, 0.717) is 0 Å². The van der Waals surface area contributed by atoms with Crippen LogP contribution in [0.3, 0.4) is 0 Å². The Morgan fingerprint density at radius 3 is 2.78 bits per heavy atom. The molecule has 4 heteroatoms. The van der Waals surface area contributed by atoms with Crippen LogP contribution in [-0.4, -0.2) is 22.9 Å². The lowest BCUT2D eigenvalue weighted by Crippen LogP contribution is -2.26. The van der Waals surface area contributed by atoms with Gasteiger partial charge in [0.1, 0.15) is 5.84 Å². The average molecular weight is 262 g/mol. The topological polar surface area (TPSA) is 40.2 Å². The van der Waals surface area contributed by atoms with Crippen molar-refractivity contribution in [2.45, 2.75) is 26.3 Å². The van der Waals surface area contributed by atoms with Gasteiger partial charge in [-0.25, -0.2) is 0 Å². The molecule has 0 spiro atoms. The van der Waals surface area contributed by atoms with Crippen LogP contribution in [0.1, 0.15) is 25.1 Å². The van der Waals surface area contributed by atoms with E-state index in [-0.39, 0.29) is 5.54 Å². The average Bonchev–Trinajstić information content (AvgIpc) is 2.77. The van der Waals surface area contributed by atoms with Crippen LogP contribution in [0.5, 0.6) is 0 Å². The Labute approximate surface area is 111 Å². The molecule has 0 fully saturated rings. The molecule has 3 rings (SSSR count). The summed E-state index contributed by atoms with van der Waals surface area (Å²) in [4.78, 5) is 8.13. The van der Waals surface area contributed by atoms with Crippen molar-refractivity contribution in [1.82, 2.24) is 10.3 Å². The molecule has 0 bridgehead atoms. The third kappa shape index (κ3) is 1.79. The highest BCUT2D eigenvalue weighted by Crippen LogP contribution is 2.27. The fourth-order valence-electron chi connectivity index (χ4n) is 2.43. The number of H-pyrrole nitrogens is 1. The highest BCUT2D eigenvalue weighted by atomic mass is 35.5. The normalized spacial score (nSPS) is 17.9. The molecule has 1 aromatic carbocycles. The van der Waals surface area contributed by atoms with Crippen molar-refractivity contribution in [2.24, 2.45) is 4.99 Å². The molecule has 0 saturated carbocycles. The standard InChI is InChI=1S/C14H16ClN3/c1-8-12(13-16-7-14(2,3)18-13)10-6-9(15)4-5-11(10)17-8/h4-6,17H,7H2,1-3H3,(H,16,18). The Kier molecular flexibility index (Phi) is 2.42. The Balaban J connectivity index is 2.23. The van der Waals surface area contributed by atoms with E-state index in [1.54, 1.807) is 0 Å². The minimum atomic E-state index is -0.0378. The fraction of sp³-hybridized carbons (Fsp3) is 0.357. The molecule has 0 radical (unpaired) electrons. The lowest BCUT2D eigenvalue weighted by molar-refractivity contribution is 0.549. The number of benzene rings is 1. The van der Waals surface area contributed by atoms with Crippen molar-refractivity contribution >= 4 is 28.3 Å². The van der Waals surface area contributed by atoms with Gasteiger partial charge in [0.15, 0.2) is 0 Å². The van der Waals surface area contributed by atoms with Gasteiger partial charge in [-0.1, -0.05) is 11.6 Å². The second kappa shape index (κ2) is 3.75. The molecule has 94 valence electrons. The van der Waals surface area contributed by atoms with E-state index in [2.05, 4.69) is 31.1 Å². The van der Waals surface area contributed by atoms with Crippen molar-refractivity contribution in [2.75, 3.05) is 6.54 Å². The van der Waals surface area contributed by atoms with E-state index in [1.165, 1.54) is 0 Å². The van der Waals surface area contributed by atoms with Crippen LogP contribution < -0.4 is 5.32 Å². The van der Waals surface area contributed by atoms with Crippen LogP contribution in [0, 0.1) is 6.92 Å². The number of fused-ring (bicyclic) bond motifs is 1. The molecule has 0 aliphatic carbocycles. The van der Waals surface area contributed by atoms with Gasteiger partial charge in [0, 0.05) is 33.7 Å². The first-order valence-electron chi connectivity index (χ1n) is 6.08. The SMILES string of the molecule is Cc1[nH]c2ccc(Cl)cc2c1C1=NC(C)(C)CN1. The smallest absolute Gasteiger partial charge is 0.131 e. The molecule has 1 aromatic heterocycles. The first kappa shape index (κ1) is 11.6. The minimum Gasteiger partial charge on any atom is -0.367 e. The molecule has 0 atom stereocenters. The van der Waals surface area contributed by atoms with Crippen molar-refractivity contribution in [3.8, 4) is 0 Å². The highest BCUT2D eigenvalue weighted by molar-refractivity contribution is 6.31. The van der Waals surface area contributed by atoms with Crippen LogP contribution in [0.25, 0.3) is 10.9 Å². The van der Waals surface area contributed by atoms with Gasteiger partial charge in [-0.15, -0.1) is 0 Å². The highest BCUT2D eigenvalue weighted by Gasteiger charge is 2.27. The zero-order valence-electron chi connectivity index (χ0n) is 10.8. The summed E-state index contributed by atoms with van der Waals surface area (Å²) in [6.07, 6.45) is 0. The second-order valence-electron chi connectivity index (χ2n) is 5.44. The number of rotatable bonds is 1. The van der Waals surface area contributed by atoms with Gasteiger partial charge < -0.3 is 10.3 Å². The molecule has 2 heterocycles. The minimum absolute atomic E-state index is 0.0378. The number of nitrogens with zero attached hydrogens (tertiary/aromatic N) is 1. The monoisotopic (exact) mass is 261 g/mol. The van der Waals surface area contributed by atoms with E-state index in [1.807, 2.05) is 18.2 Å². The number of aromatic nitrogens is 1. The first-order valence-corrected chi connectivity index (χ1v) is 6.46. The van der Waals surface area contributed by atoms with E-state index < -0.39 is 0 Å². The van der Waals surface area contributed by atoms with Gasteiger partial charge in [0.05, 0.1) is 5.54 Å². The van der Waals surface area contributed by atoms with E-state index in [9.17, 15) is 0 Å². The predicted molar refractivity (Wildman–Crippen MR) is 76.7 cm³/mol. The Bertz CT molecular complexity index is 652. The summed E-state index contributed by atoms with van der Waals surface area (Å²) in [5.74, 6) is 0.964. The number of aliphatic imine (C=N–C) groups is 1. The molecule has 18 heavy (non-hydrogen) atoms. The number of halogens is 1. The zero-order chi connectivity index (χ0) is 12.9. The number of aryl methyl sites for hydroxylation is 1. The van der Waals surface area contributed by atoms with Crippen LogP contribution in [0.15, 0.2) is 23.2 Å². The number of amidine groups is 1. The Morgan fingerprint density at radius 2 is 2.11 bits per heavy atom. The molecule has 1 aliphatic rings.